The molecule has 0 aliphatic carbocycles. The van der Waals surface area contributed by atoms with Gasteiger partial charge < -0.3 is 15.2 Å². The minimum absolute atomic E-state index is 0.0476. The van der Waals surface area contributed by atoms with Crippen LogP contribution in [0.5, 0.6) is 0 Å². The first kappa shape index (κ1) is 14.8. The maximum atomic E-state index is 11.5. The molecule has 5 heteroatoms. The Labute approximate surface area is 130 Å². The van der Waals surface area contributed by atoms with Crippen LogP contribution in [0.25, 0.3) is 0 Å². The zero-order valence-corrected chi connectivity index (χ0v) is 12.9. The molecular formula is C17H22N4O. The van der Waals surface area contributed by atoms with Gasteiger partial charge in [0.25, 0.3) is 5.91 Å². The van der Waals surface area contributed by atoms with Crippen LogP contribution in [-0.2, 0) is 13.1 Å². The van der Waals surface area contributed by atoms with E-state index < -0.39 is 0 Å². The number of hydrogen-bond acceptors (Lipinski definition) is 3. The summed E-state index contributed by atoms with van der Waals surface area (Å²) in [6.45, 7) is 2.84. The molecule has 3 rings (SSSR count). The molecule has 22 heavy (non-hydrogen) atoms. The van der Waals surface area contributed by atoms with E-state index in [0.717, 1.165) is 19.6 Å². The molecule has 5 nitrogen and oxygen atoms in total. The predicted octanol–water partition coefficient (Wildman–Crippen LogP) is 1.91. The van der Waals surface area contributed by atoms with Gasteiger partial charge in [-0.05, 0) is 30.5 Å². The van der Waals surface area contributed by atoms with Crippen molar-refractivity contribution >= 4 is 5.91 Å². The van der Waals surface area contributed by atoms with Crippen LogP contribution in [0, 0.1) is 0 Å². The van der Waals surface area contributed by atoms with Crippen LogP contribution in [0.1, 0.15) is 40.5 Å². The fraction of sp³-hybridized carbons (Fsp3) is 0.412. The summed E-state index contributed by atoms with van der Waals surface area (Å²) in [6, 6.07) is 7.73. The number of nitrogens with zero attached hydrogens (tertiary/aromatic N) is 2. The van der Waals surface area contributed by atoms with E-state index in [1.807, 2.05) is 30.5 Å². The molecule has 0 radical (unpaired) electrons. The monoisotopic (exact) mass is 298 g/mol. The number of nitrogens with one attached hydrogen (secondary N) is 2. The maximum Gasteiger partial charge on any atom is 0.251 e. The van der Waals surface area contributed by atoms with Crippen LogP contribution < -0.4 is 10.6 Å². The highest BCUT2D eigenvalue weighted by Gasteiger charge is 2.20. The number of hydrogen-bond donors (Lipinski definition) is 2. The van der Waals surface area contributed by atoms with Crippen molar-refractivity contribution in [3.05, 3.63) is 53.6 Å². The van der Waals surface area contributed by atoms with Gasteiger partial charge in [-0.3, -0.25) is 4.79 Å². The summed E-state index contributed by atoms with van der Waals surface area (Å²) in [7, 11) is 1.64. The van der Waals surface area contributed by atoms with Crippen LogP contribution >= 0.6 is 0 Å². The SMILES string of the molecule is CNC(=O)c1ccc(CNCC2CCCn3ccnc32)cc1. The molecule has 1 aromatic carbocycles. The highest BCUT2D eigenvalue weighted by atomic mass is 16.1. The van der Waals surface area contributed by atoms with Crippen molar-refractivity contribution in [2.24, 2.45) is 0 Å². The minimum Gasteiger partial charge on any atom is -0.355 e. The summed E-state index contributed by atoms with van der Waals surface area (Å²) < 4.78 is 2.26. The molecule has 1 atom stereocenters. The third kappa shape index (κ3) is 3.20. The average molecular weight is 298 g/mol. The van der Waals surface area contributed by atoms with Gasteiger partial charge in [-0.1, -0.05) is 12.1 Å². The molecule has 1 unspecified atom stereocenters. The molecule has 2 heterocycles. The van der Waals surface area contributed by atoms with Crippen LogP contribution in [0.4, 0.5) is 0 Å². The number of amides is 1. The highest BCUT2D eigenvalue weighted by Crippen LogP contribution is 2.24. The molecule has 0 spiro atoms. The van der Waals surface area contributed by atoms with Gasteiger partial charge in [0.05, 0.1) is 0 Å². The lowest BCUT2D eigenvalue weighted by molar-refractivity contribution is 0.0963. The van der Waals surface area contributed by atoms with E-state index >= 15 is 0 Å². The van der Waals surface area contributed by atoms with Gasteiger partial charge in [0.2, 0.25) is 0 Å². The van der Waals surface area contributed by atoms with Gasteiger partial charge in [0.1, 0.15) is 5.82 Å². The molecule has 0 saturated heterocycles. The van der Waals surface area contributed by atoms with Gasteiger partial charge >= 0.3 is 0 Å². The lowest BCUT2D eigenvalue weighted by atomic mass is 9.99. The first-order valence-corrected chi connectivity index (χ1v) is 7.80. The number of carbonyl (C=O) groups is 1. The number of fused-ring (bicyclic) bond motifs is 1. The average Bonchev–Trinajstić information content (AvgIpc) is 3.04. The van der Waals surface area contributed by atoms with Crippen LogP contribution in [-0.4, -0.2) is 29.1 Å². The van der Waals surface area contributed by atoms with Crippen LogP contribution in [0.15, 0.2) is 36.7 Å². The van der Waals surface area contributed by atoms with Gasteiger partial charge in [-0.25, -0.2) is 4.98 Å². The maximum absolute atomic E-state index is 11.5. The second kappa shape index (κ2) is 6.75. The number of aryl methyl sites for hydroxylation is 1. The molecule has 116 valence electrons. The van der Waals surface area contributed by atoms with E-state index in [4.69, 9.17) is 0 Å². The fourth-order valence-electron chi connectivity index (χ4n) is 3.01. The molecule has 2 N–H and O–H groups in total. The predicted molar refractivity (Wildman–Crippen MR) is 85.7 cm³/mol. The van der Waals surface area contributed by atoms with Crippen molar-refractivity contribution in [2.75, 3.05) is 13.6 Å². The third-order valence-corrected chi connectivity index (χ3v) is 4.23. The number of imidazole rings is 1. The topological polar surface area (TPSA) is 59.0 Å². The van der Waals surface area contributed by atoms with Crippen molar-refractivity contribution in [2.45, 2.75) is 31.8 Å². The Morgan fingerprint density at radius 1 is 1.36 bits per heavy atom. The quantitative estimate of drug-likeness (QED) is 0.886. The largest absolute Gasteiger partial charge is 0.355 e. The van der Waals surface area contributed by atoms with E-state index in [2.05, 4.69) is 26.4 Å². The Morgan fingerprint density at radius 2 is 2.18 bits per heavy atom. The second-order valence-electron chi connectivity index (χ2n) is 5.72. The molecule has 1 amide bonds. The highest BCUT2D eigenvalue weighted by molar-refractivity contribution is 5.93. The normalized spacial score (nSPS) is 17.0. The first-order chi connectivity index (χ1) is 10.8. The molecule has 0 saturated carbocycles. The van der Waals surface area contributed by atoms with Gasteiger partial charge in [-0.2, -0.15) is 0 Å². The number of carbonyl (C=O) groups excluding carboxylic acids is 1. The standard InChI is InChI=1S/C17H22N4O/c1-18-17(22)14-6-4-13(5-7-14)11-19-12-15-3-2-9-21-10-8-20-16(15)21/h4-8,10,15,19H,2-3,9,11-12H2,1H3,(H,18,22). The zero-order valence-electron chi connectivity index (χ0n) is 12.9. The number of rotatable bonds is 5. The Kier molecular flexibility index (Phi) is 4.53. The van der Waals surface area contributed by atoms with Crippen molar-refractivity contribution < 1.29 is 4.79 Å². The lowest BCUT2D eigenvalue weighted by Gasteiger charge is -2.23. The zero-order chi connectivity index (χ0) is 15.4. The number of aromatic nitrogens is 2. The minimum atomic E-state index is -0.0476. The fourth-order valence-corrected chi connectivity index (χ4v) is 3.01. The summed E-state index contributed by atoms with van der Waals surface area (Å²) >= 11 is 0. The summed E-state index contributed by atoms with van der Waals surface area (Å²) in [4.78, 5) is 16.0. The van der Waals surface area contributed by atoms with E-state index in [1.165, 1.54) is 24.2 Å². The summed E-state index contributed by atoms with van der Waals surface area (Å²) in [6.07, 6.45) is 6.38. The Morgan fingerprint density at radius 3 is 2.95 bits per heavy atom. The Hall–Kier alpha value is -2.14. The summed E-state index contributed by atoms with van der Waals surface area (Å²) in [5.41, 5.74) is 1.88. The Bertz CT molecular complexity index is 632. The van der Waals surface area contributed by atoms with Gasteiger partial charge in [-0.15, -0.1) is 0 Å². The first-order valence-electron chi connectivity index (χ1n) is 7.80. The van der Waals surface area contributed by atoms with Crippen molar-refractivity contribution in [3.8, 4) is 0 Å². The summed E-state index contributed by atoms with van der Waals surface area (Å²) in [5.74, 6) is 1.65. The molecule has 2 aromatic rings. The van der Waals surface area contributed by atoms with E-state index in [-0.39, 0.29) is 5.91 Å². The molecule has 0 fully saturated rings. The molecule has 1 aromatic heterocycles. The van der Waals surface area contributed by atoms with Crippen LogP contribution in [0.2, 0.25) is 0 Å². The molecule has 1 aliphatic heterocycles. The van der Waals surface area contributed by atoms with E-state index in [0.29, 0.717) is 11.5 Å². The lowest BCUT2D eigenvalue weighted by Crippen LogP contribution is -2.26. The smallest absolute Gasteiger partial charge is 0.251 e. The third-order valence-electron chi connectivity index (χ3n) is 4.23. The number of benzene rings is 1. The van der Waals surface area contributed by atoms with Crippen molar-refractivity contribution in [3.63, 3.8) is 0 Å². The van der Waals surface area contributed by atoms with Crippen LogP contribution in [0.3, 0.4) is 0 Å². The van der Waals surface area contributed by atoms with Crippen molar-refractivity contribution in [1.29, 1.82) is 0 Å². The molecular weight excluding hydrogens is 276 g/mol. The van der Waals surface area contributed by atoms with Gasteiger partial charge in [0, 0.05) is 50.6 Å². The second-order valence-corrected chi connectivity index (χ2v) is 5.72. The van der Waals surface area contributed by atoms with E-state index in [9.17, 15) is 4.79 Å². The molecule has 0 bridgehead atoms. The van der Waals surface area contributed by atoms with Crippen molar-refractivity contribution in [1.82, 2.24) is 20.2 Å². The summed E-state index contributed by atoms with van der Waals surface area (Å²) in [5, 5.41) is 6.14. The van der Waals surface area contributed by atoms with Gasteiger partial charge in [0.15, 0.2) is 0 Å². The molecule has 1 aliphatic rings. The van der Waals surface area contributed by atoms with E-state index in [1.54, 1.807) is 7.05 Å². The Balaban J connectivity index is 1.53.